The lowest BCUT2D eigenvalue weighted by molar-refractivity contribution is 0.112. The van der Waals surface area contributed by atoms with Gasteiger partial charge in [-0.05, 0) is 50.1 Å². The molecular formula is C16H14N2O2. The van der Waals surface area contributed by atoms with Gasteiger partial charge in [0.15, 0.2) is 6.29 Å². The quantitative estimate of drug-likeness (QED) is 0.798. The molecule has 0 saturated heterocycles. The number of aryl methyl sites for hydroxylation is 3. The van der Waals surface area contributed by atoms with Crippen LogP contribution in [0.15, 0.2) is 24.4 Å². The van der Waals surface area contributed by atoms with Gasteiger partial charge in [-0.1, -0.05) is 0 Å². The molecule has 1 aromatic heterocycles. The summed E-state index contributed by atoms with van der Waals surface area (Å²) in [5.74, 6) is 1.16. The molecule has 2 aromatic rings. The van der Waals surface area contributed by atoms with Crippen LogP contribution in [0.2, 0.25) is 0 Å². The number of hydrogen-bond acceptors (Lipinski definition) is 4. The predicted octanol–water partition coefficient (Wildman–Crippen LogP) is 3.48. The molecule has 0 radical (unpaired) electrons. The molecule has 0 unspecified atom stereocenters. The third kappa shape index (κ3) is 2.67. The summed E-state index contributed by atoms with van der Waals surface area (Å²) in [6.07, 6.45) is 2.23. The molecule has 4 heteroatoms. The van der Waals surface area contributed by atoms with E-state index in [1.54, 1.807) is 18.2 Å². The first-order chi connectivity index (χ1) is 9.55. The van der Waals surface area contributed by atoms with Gasteiger partial charge in [0.2, 0.25) is 5.88 Å². The fraction of sp³-hybridized carbons (Fsp3) is 0.188. The Bertz CT molecular complexity index is 692. The van der Waals surface area contributed by atoms with Gasteiger partial charge in [-0.3, -0.25) is 4.79 Å². The lowest BCUT2D eigenvalue weighted by Gasteiger charge is -2.13. The van der Waals surface area contributed by atoms with Crippen LogP contribution in [0.3, 0.4) is 0 Å². The highest BCUT2D eigenvalue weighted by atomic mass is 16.5. The summed E-state index contributed by atoms with van der Waals surface area (Å²) in [6.45, 7) is 5.61. The number of aldehydes is 1. The van der Waals surface area contributed by atoms with Crippen molar-refractivity contribution in [3.05, 3.63) is 52.2 Å². The maximum Gasteiger partial charge on any atom is 0.222 e. The van der Waals surface area contributed by atoms with Crippen molar-refractivity contribution in [3.8, 4) is 17.7 Å². The van der Waals surface area contributed by atoms with Crippen molar-refractivity contribution in [1.82, 2.24) is 4.98 Å². The van der Waals surface area contributed by atoms with Crippen LogP contribution in [0.25, 0.3) is 0 Å². The Hall–Kier alpha value is -2.67. The molecule has 1 aromatic carbocycles. The molecule has 0 amide bonds. The summed E-state index contributed by atoms with van der Waals surface area (Å²) >= 11 is 0. The van der Waals surface area contributed by atoms with E-state index < -0.39 is 0 Å². The normalized spacial score (nSPS) is 9.90. The van der Waals surface area contributed by atoms with Crippen LogP contribution < -0.4 is 4.74 Å². The number of rotatable bonds is 3. The third-order valence-corrected chi connectivity index (χ3v) is 2.98. The van der Waals surface area contributed by atoms with Crippen LogP contribution in [0.5, 0.6) is 11.6 Å². The lowest BCUT2D eigenvalue weighted by Crippen LogP contribution is -1.97. The van der Waals surface area contributed by atoms with Gasteiger partial charge in [-0.15, -0.1) is 0 Å². The number of hydrogen-bond donors (Lipinski definition) is 0. The molecule has 2 rings (SSSR count). The molecular weight excluding hydrogens is 252 g/mol. The molecule has 0 aliphatic heterocycles. The van der Waals surface area contributed by atoms with E-state index in [-0.39, 0.29) is 0 Å². The Morgan fingerprint density at radius 2 is 1.80 bits per heavy atom. The Labute approximate surface area is 117 Å². The SMILES string of the molecule is Cc1cc(C=O)cnc1Oc1c(C)cc(C#N)cc1C. The van der Waals surface area contributed by atoms with Gasteiger partial charge in [0, 0.05) is 17.3 Å². The van der Waals surface area contributed by atoms with E-state index in [1.165, 1.54) is 6.20 Å². The van der Waals surface area contributed by atoms with Crippen LogP contribution in [0.1, 0.15) is 32.6 Å². The predicted molar refractivity (Wildman–Crippen MR) is 75.1 cm³/mol. The van der Waals surface area contributed by atoms with Crippen molar-refractivity contribution in [1.29, 1.82) is 5.26 Å². The maximum absolute atomic E-state index is 10.7. The Morgan fingerprint density at radius 3 is 2.30 bits per heavy atom. The first kappa shape index (κ1) is 13.8. The molecule has 0 aliphatic rings. The number of ether oxygens (including phenoxy) is 1. The third-order valence-electron chi connectivity index (χ3n) is 2.98. The van der Waals surface area contributed by atoms with Gasteiger partial charge < -0.3 is 4.74 Å². The zero-order chi connectivity index (χ0) is 14.7. The number of pyridine rings is 1. The Balaban J connectivity index is 2.40. The highest BCUT2D eigenvalue weighted by Crippen LogP contribution is 2.30. The summed E-state index contributed by atoms with van der Waals surface area (Å²) in [6, 6.07) is 7.39. The molecule has 0 spiro atoms. The molecule has 0 N–H and O–H groups in total. The Kier molecular flexibility index (Phi) is 3.81. The lowest BCUT2D eigenvalue weighted by atomic mass is 10.1. The van der Waals surface area contributed by atoms with Crippen molar-refractivity contribution < 1.29 is 9.53 Å². The number of benzene rings is 1. The molecule has 0 atom stereocenters. The maximum atomic E-state index is 10.7. The zero-order valence-corrected chi connectivity index (χ0v) is 11.6. The monoisotopic (exact) mass is 266 g/mol. The minimum absolute atomic E-state index is 0.464. The number of aromatic nitrogens is 1. The minimum atomic E-state index is 0.464. The van der Waals surface area contributed by atoms with E-state index in [9.17, 15) is 4.79 Å². The molecule has 0 saturated carbocycles. The van der Waals surface area contributed by atoms with Crippen LogP contribution in [-0.4, -0.2) is 11.3 Å². The highest BCUT2D eigenvalue weighted by Gasteiger charge is 2.10. The van der Waals surface area contributed by atoms with E-state index in [4.69, 9.17) is 10.00 Å². The van der Waals surface area contributed by atoms with E-state index in [0.717, 1.165) is 23.0 Å². The fourth-order valence-electron chi connectivity index (χ4n) is 2.03. The summed E-state index contributed by atoms with van der Waals surface area (Å²) in [5, 5.41) is 8.93. The molecule has 20 heavy (non-hydrogen) atoms. The van der Waals surface area contributed by atoms with Crippen molar-refractivity contribution in [2.45, 2.75) is 20.8 Å². The number of nitrogens with zero attached hydrogens (tertiary/aromatic N) is 2. The van der Waals surface area contributed by atoms with Crippen molar-refractivity contribution in [2.75, 3.05) is 0 Å². The topological polar surface area (TPSA) is 63.0 Å². The second-order valence-electron chi connectivity index (χ2n) is 4.66. The van der Waals surface area contributed by atoms with Gasteiger partial charge in [-0.25, -0.2) is 4.98 Å². The molecule has 1 heterocycles. The van der Waals surface area contributed by atoms with Crippen molar-refractivity contribution in [3.63, 3.8) is 0 Å². The van der Waals surface area contributed by atoms with Crippen LogP contribution in [-0.2, 0) is 0 Å². The standard InChI is InChI=1S/C16H14N2O2/c1-10-4-13(7-17)5-11(2)15(10)20-16-12(3)6-14(9-19)8-18-16/h4-6,8-9H,1-3H3. The van der Waals surface area contributed by atoms with Gasteiger partial charge >= 0.3 is 0 Å². The average Bonchev–Trinajstić information content (AvgIpc) is 2.43. The fourth-order valence-corrected chi connectivity index (χ4v) is 2.03. The number of nitriles is 1. The Morgan fingerprint density at radius 1 is 1.15 bits per heavy atom. The first-order valence-electron chi connectivity index (χ1n) is 6.16. The summed E-state index contributed by atoms with van der Waals surface area (Å²) in [4.78, 5) is 14.8. The number of carbonyl (C=O) groups excluding carboxylic acids is 1. The molecule has 0 bridgehead atoms. The van der Waals surface area contributed by atoms with Crippen molar-refractivity contribution >= 4 is 6.29 Å². The van der Waals surface area contributed by atoms with Crippen LogP contribution in [0, 0.1) is 32.1 Å². The molecule has 100 valence electrons. The van der Waals surface area contributed by atoms with E-state index in [2.05, 4.69) is 11.1 Å². The van der Waals surface area contributed by atoms with Gasteiger partial charge in [0.1, 0.15) is 5.75 Å². The highest BCUT2D eigenvalue weighted by molar-refractivity contribution is 5.74. The van der Waals surface area contributed by atoms with E-state index in [0.29, 0.717) is 22.8 Å². The summed E-state index contributed by atoms with van der Waals surface area (Å²) < 4.78 is 5.83. The van der Waals surface area contributed by atoms with E-state index in [1.807, 2.05) is 20.8 Å². The van der Waals surface area contributed by atoms with Gasteiger partial charge in [0.05, 0.1) is 11.6 Å². The average molecular weight is 266 g/mol. The zero-order valence-electron chi connectivity index (χ0n) is 11.6. The molecule has 4 nitrogen and oxygen atoms in total. The van der Waals surface area contributed by atoms with Crippen LogP contribution in [0.4, 0.5) is 0 Å². The summed E-state index contributed by atoms with van der Waals surface area (Å²) in [5.41, 5.74) is 3.67. The first-order valence-corrected chi connectivity index (χ1v) is 6.16. The smallest absolute Gasteiger partial charge is 0.222 e. The van der Waals surface area contributed by atoms with Crippen LogP contribution >= 0.6 is 0 Å². The largest absolute Gasteiger partial charge is 0.438 e. The van der Waals surface area contributed by atoms with Gasteiger partial charge in [-0.2, -0.15) is 5.26 Å². The molecule has 0 fully saturated rings. The summed E-state index contributed by atoms with van der Waals surface area (Å²) in [7, 11) is 0. The minimum Gasteiger partial charge on any atom is -0.438 e. The van der Waals surface area contributed by atoms with Gasteiger partial charge in [0.25, 0.3) is 0 Å². The second-order valence-corrected chi connectivity index (χ2v) is 4.66. The number of carbonyl (C=O) groups is 1. The van der Waals surface area contributed by atoms with Crippen molar-refractivity contribution in [2.24, 2.45) is 0 Å². The molecule has 0 aliphatic carbocycles. The second kappa shape index (κ2) is 5.54. The van der Waals surface area contributed by atoms with E-state index >= 15 is 0 Å².